The van der Waals surface area contributed by atoms with Crippen molar-refractivity contribution >= 4 is 37.4 Å². The molecule has 0 unspecified atom stereocenters. The van der Waals surface area contributed by atoms with Gasteiger partial charge in [-0.05, 0) is 54.8 Å². The lowest BCUT2D eigenvalue weighted by atomic mass is 10.1. The van der Waals surface area contributed by atoms with E-state index in [2.05, 4.69) is 0 Å². The summed E-state index contributed by atoms with van der Waals surface area (Å²) in [5, 5.41) is 1.13. The van der Waals surface area contributed by atoms with Crippen molar-refractivity contribution in [3.63, 3.8) is 0 Å². The number of ether oxygens (including phenoxy) is 2. The van der Waals surface area contributed by atoms with Gasteiger partial charge >= 0.3 is 21.8 Å². The van der Waals surface area contributed by atoms with E-state index in [1.807, 2.05) is 0 Å². The van der Waals surface area contributed by atoms with Crippen molar-refractivity contribution in [2.75, 3.05) is 18.1 Å². The van der Waals surface area contributed by atoms with Gasteiger partial charge in [-0.3, -0.25) is 0 Å². The van der Waals surface area contributed by atoms with Crippen LogP contribution in [0.1, 0.15) is 19.8 Å². The summed E-state index contributed by atoms with van der Waals surface area (Å²) in [6.45, 7) is 1.78. The lowest BCUT2D eigenvalue weighted by molar-refractivity contribution is -0.0496. The summed E-state index contributed by atoms with van der Waals surface area (Å²) >= 11 is 0. The molecule has 2 aromatic rings. The molecule has 1 heterocycles. The smallest absolute Gasteiger partial charge is 0.434 e. The molecule has 6 nitrogen and oxygen atoms in total. The molecule has 0 amide bonds. The van der Waals surface area contributed by atoms with Crippen LogP contribution >= 0.6 is 10.3 Å². The lowest BCUT2D eigenvalue weighted by Gasteiger charge is -2.35. The average Bonchev–Trinajstić information content (AvgIpc) is 3.09. The molecule has 11 heteroatoms. The summed E-state index contributed by atoms with van der Waals surface area (Å²) in [5.41, 5.74) is -5.49. The second kappa shape index (κ2) is 8.04. The molecule has 3 rings (SSSR count). The van der Waals surface area contributed by atoms with Crippen molar-refractivity contribution < 1.29 is 39.5 Å². The van der Waals surface area contributed by atoms with E-state index in [1.165, 1.54) is 12.1 Å². The SMILES string of the molecule is CCOC(=O)Oc1ccc2c(S3(OS(=O)(=O)C(F)(F)F)CCCC3)cccc2c1. The molecule has 0 N–H and O–H groups in total. The maximum absolute atomic E-state index is 13.0. The molecular formula is C18H19F3O6S2. The summed E-state index contributed by atoms with van der Waals surface area (Å²) < 4.78 is 77.1. The number of fused-ring (bicyclic) bond motifs is 1. The molecule has 0 radical (unpaired) electrons. The monoisotopic (exact) mass is 452 g/mol. The van der Waals surface area contributed by atoms with Gasteiger partial charge < -0.3 is 9.47 Å². The molecule has 0 saturated carbocycles. The summed E-state index contributed by atoms with van der Waals surface area (Å²) in [6, 6.07) is 9.50. The van der Waals surface area contributed by atoms with Gasteiger partial charge in [-0.2, -0.15) is 21.6 Å². The highest BCUT2D eigenvalue weighted by Gasteiger charge is 2.52. The fourth-order valence-electron chi connectivity index (χ4n) is 3.17. The van der Waals surface area contributed by atoms with Crippen molar-refractivity contribution in [1.29, 1.82) is 0 Å². The Morgan fingerprint density at radius 1 is 1.14 bits per heavy atom. The first kappa shape index (κ1) is 21.7. The summed E-state index contributed by atoms with van der Waals surface area (Å²) in [6.07, 6.45) is 0.271. The molecule has 2 aromatic carbocycles. The predicted molar refractivity (Wildman–Crippen MR) is 102 cm³/mol. The van der Waals surface area contributed by atoms with Crippen LogP contribution in [-0.4, -0.2) is 38.2 Å². The van der Waals surface area contributed by atoms with Gasteiger partial charge in [0, 0.05) is 16.4 Å². The number of halogens is 3. The first-order valence-electron chi connectivity index (χ1n) is 8.76. The first-order chi connectivity index (χ1) is 13.6. The molecule has 1 aliphatic rings. The largest absolute Gasteiger partial charge is 0.523 e. The Labute approximate surface area is 167 Å². The second-order valence-corrected chi connectivity index (χ2v) is 11.1. The zero-order valence-electron chi connectivity index (χ0n) is 15.4. The molecule has 0 bridgehead atoms. The average molecular weight is 452 g/mol. The number of benzene rings is 2. The lowest BCUT2D eigenvalue weighted by Crippen LogP contribution is -2.27. The molecule has 29 heavy (non-hydrogen) atoms. The van der Waals surface area contributed by atoms with Gasteiger partial charge in [0.25, 0.3) is 0 Å². The third-order valence-electron chi connectivity index (χ3n) is 4.38. The Kier molecular flexibility index (Phi) is 6.02. The summed E-state index contributed by atoms with van der Waals surface area (Å²) in [7, 11) is -8.43. The molecule has 0 aliphatic carbocycles. The Morgan fingerprint density at radius 3 is 2.45 bits per heavy atom. The van der Waals surface area contributed by atoms with Crippen molar-refractivity contribution in [2.45, 2.75) is 30.2 Å². The highest BCUT2D eigenvalue weighted by molar-refractivity contribution is 8.33. The Bertz CT molecular complexity index is 1010. The van der Waals surface area contributed by atoms with Crippen LogP contribution in [0.15, 0.2) is 41.3 Å². The van der Waals surface area contributed by atoms with Gasteiger partial charge in [0.15, 0.2) is 0 Å². The minimum Gasteiger partial charge on any atom is -0.434 e. The van der Waals surface area contributed by atoms with Crippen molar-refractivity contribution in [2.24, 2.45) is 0 Å². The molecule has 1 fully saturated rings. The zero-order valence-corrected chi connectivity index (χ0v) is 17.0. The van der Waals surface area contributed by atoms with E-state index in [1.54, 1.807) is 31.2 Å². The van der Waals surface area contributed by atoms with Gasteiger partial charge in [0.1, 0.15) is 5.75 Å². The van der Waals surface area contributed by atoms with Crippen LogP contribution in [0, 0.1) is 0 Å². The third kappa shape index (κ3) is 4.46. The number of carbonyl (C=O) groups excluding carboxylic acids is 1. The van der Waals surface area contributed by atoms with Crippen LogP contribution in [0.3, 0.4) is 0 Å². The molecule has 0 aromatic heterocycles. The molecular weight excluding hydrogens is 433 g/mol. The Balaban J connectivity index is 2.04. The van der Waals surface area contributed by atoms with Gasteiger partial charge in [0.05, 0.1) is 6.61 Å². The van der Waals surface area contributed by atoms with Crippen LogP contribution in [0.25, 0.3) is 10.8 Å². The standard InChI is InChI=1S/C18H19F3O6S2/c1-2-25-17(22)26-14-8-9-15-13(12-14)6-5-7-16(15)28(10-3-4-11-28)27-29(23,24)18(19,20)21/h5-9,12H,2-4,10-11H2,1H3. The molecule has 1 aliphatic heterocycles. The highest BCUT2D eigenvalue weighted by Crippen LogP contribution is 2.64. The van der Waals surface area contributed by atoms with Crippen LogP contribution in [0.4, 0.5) is 18.0 Å². The van der Waals surface area contributed by atoms with Gasteiger partial charge in [-0.15, -0.1) is 0 Å². The fraction of sp³-hybridized carbons (Fsp3) is 0.389. The molecule has 0 atom stereocenters. The number of hydrogen-bond acceptors (Lipinski definition) is 6. The fourth-order valence-corrected chi connectivity index (χ4v) is 8.59. The number of alkyl halides is 3. The number of hydrogen-bond donors (Lipinski definition) is 0. The van der Waals surface area contributed by atoms with Crippen LogP contribution < -0.4 is 4.74 Å². The normalized spacial score (nSPS) is 17.8. The zero-order chi connectivity index (χ0) is 21.3. The maximum Gasteiger partial charge on any atom is 0.523 e. The van der Waals surface area contributed by atoms with Gasteiger partial charge in [0.2, 0.25) is 0 Å². The van der Waals surface area contributed by atoms with E-state index in [-0.39, 0.29) is 23.9 Å². The van der Waals surface area contributed by atoms with E-state index in [9.17, 15) is 26.4 Å². The van der Waals surface area contributed by atoms with E-state index in [4.69, 9.17) is 13.1 Å². The summed E-state index contributed by atoms with van der Waals surface area (Å²) in [4.78, 5) is 11.9. The van der Waals surface area contributed by atoms with Crippen molar-refractivity contribution in [3.05, 3.63) is 36.4 Å². The summed E-state index contributed by atoms with van der Waals surface area (Å²) in [5.74, 6) is 0.651. The maximum atomic E-state index is 13.0. The Morgan fingerprint density at radius 2 is 1.83 bits per heavy atom. The molecule has 160 valence electrons. The van der Waals surface area contributed by atoms with E-state index in [0.717, 1.165) is 0 Å². The highest BCUT2D eigenvalue weighted by atomic mass is 32.3. The minimum atomic E-state index is -5.74. The van der Waals surface area contributed by atoms with Crippen molar-refractivity contribution in [3.8, 4) is 5.75 Å². The van der Waals surface area contributed by atoms with E-state index in [0.29, 0.717) is 28.5 Å². The number of carbonyl (C=O) groups is 1. The quantitative estimate of drug-likeness (QED) is 0.356. The van der Waals surface area contributed by atoms with Gasteiger partial charge in [-0.1, -0.05) is 22.4 Å². The van der Waals surface area contributed by atoms with Gasteiger partial charge in [-0.25, -0.2) is 8.42 Å². The minimum absolute atomic E-state index is 0.146. The predicted octanol–water partition coefficient (Wildman–Crippen LogP) is 5.11. The van der Waals surface area contributed by atoms with E-state index < -0.39 is 32.1 Å². The van der Waals surface area contributed by atoms with Crippen molar-refractivity contribution in [1.82, 2.24) is 0 Å². The van der Waals surface area contributed by atoms with Crippen LogP contribution in [0.5, 0.6) is 5.75 Å². The third-order valence-corrected chi connectivity index (χ3v) is 9.76. The van der Waals surface area contributed by atoms with Crippen LogP contribution in [-0.2, 0) is 18.5 Å². The van der Waals surface area contributed by atoms with Crippen LogP contribution in [0.2, 0.25) is 0 Å². The first-order valence-corrected chi connectivity index (χ1v) is 12.1. The Hall–Kier alpha value is -1.98. The molecule has 1 saturated heterocycles. The second-order valence-electron chi connectivity index (χ2n) is 6.32. The van der Waals surface area contributed by atoms with E-state index >= 15 is 0 Å². The number of rotatable bonds is 5. The molecule has 0 spiro atoms. The topological polar surface area (TPSA) is 78.9 Å².